The maximum absolute atomic E-state index is 4.25. The number of fused-ring (bicyclic) bond motifs is 3. The van der Waals surface area contributed by atoms with Crippen molar-refractivity contribution < 1.29 is 0 Å². The van der Waals surface area contributed by atoms with Gasteiger partial charge in [-0.1, -0.05) is 0 Å². The van der Waals surface area contributed by atoms with E-state index >= 15 is 0 Å². The fourth-order valence-electron chi connectivity index (χ4n) is 1.59. The van der Waals surface area contributed by atoms with Crippen molar-refractivity contribution in [1.82, 2.24) is 15.0 Å². The van der Waals surface area contributed by atoms with Crippen molar-refractivity contribution >= 4 is 21.8 Å². The van der Waals surface area contributed by atoms with Gasteiger partial charge < -0.3 is 4.98 Å². The zero-order valence-electron chi connectivity index (χ0n) is 6.86. The van der Waals surface area contributed by atoms with Gasteiger partial charge in [-0.3, -0.25) is 0 Å². The minimum Gasteiger partial charge on any atom is -0.361 e. The quantitative estimate of drug-likeness (QED) is 0.560. The Labute approximate surface area is 74.4 Å². The number of aromatic amines is 1. The topological polar surface area (TPSA) is 41.6 Å². The summed E-state index contributed by atoms with van der Waals surface area (Å²) in [7, 11) is 0. The molecule has 0 saturated heterocycles. The molecule has 0 aliphatic rings. The van der Waals surface area contributed by atoms with E-state index in [2.05, 4.69) is 15.0 Å². The van der Waals surface area contributed by atoms with Crippen LogP contribution in [-0.2, 0) is 0 Å². The molecule has 0 spiro atoms. The first-order chi connectivity index (χ1) is 6.45. The van der Waals surface area contributed by atoms with Crippen LogP contribution < -0.4 is 0 Å². The van der Waals surface area contributed by atoms with Gasteiger partial charge in [-0.25, -0.2) is 9.97 Å². The van der Waals surface area contributed by atoms with Crippen molar-refractivity contribution in [3.05, 3.63) is 36.9 Å². The second-order valence-electron chi connectivity index (χ2n) is 2.97. The van der Waals surface area contributed by atoms with Crippen molar-refractivity contribution in [3.63, 3.8) is 0 Å². The predicted molar refractivity (Wildman–Crippen MR) is 51.4 cm³/mol. The molecule has 3 aromatic rings. The fraction of sp³-hybridized carbons (Fsp3) is 0. The summed E-state index contributed by atoms with van der Waals surface area (Å²) < 4.78 is 0. The van der Waals surface area contributed by atoms with Crippen LogP contribution >= 0.6 is 0 Å². The van der Waals surface area contributed by atoms with Crippen LogP contribution in [0, 0.1) is 0 Å². The average molecular weight is 169 g/mol. The van der Waals surface area contributed by atoms with Gasteiger partial charge in [-0.05, 0) is 18.2 Å². The summed E-state index contributed by atoms with van der Waals surface area (Å²) in [6, 6.07) is 6.10. The molecule has 3 nitrogen and oxygen atoms in total. The molecule has 0 aliphatic heterocycles. The van der Waals surface area contributed by atoms with E-state index in [0.29, 0.717) is 0 Å². The molecular formula is C10H7N3. The van der Waals surface area contributed by atoms with Crippen molar-refractivity contribution in [1.29, 1.82) is 0 Å². The Balaban J connectivity index is 2.65. The molecule has 0 fully saturated rings. The smallest absolute Gasteiger partial charge is 0.116 e. The standard InChI is InChI=1S/C10H7N3/c1-2-9-8(3-4-12-9)10-7(1)5-11-6-13-10/h1-6,12H. The fourth-order valence-corrected chi connectivity index (χ4v) is 1.59. The molecular weight excluding hydrogens is 162 g/mol. The first kappa shape index (κ1) is 6.60. The molecule has 0 unspecified atom stereocenters. The third-order valence-corrected chi connectivity index (χ3v) is 2.20. The van der Waals surface area contributed by atoms with Crippen LogP contribution in [0.15, 0.2) is 36.9 Å². The second kappa shape index (κ2) is 2.29. The number of aromatic nitrogens is 3. The average Bonchev–Trinajstić information content (AvgIpc) is 2.65. The highest BCUT2D eigenvalue weighted by Crippen LogP contribution is 2.21. The van der Waals surface area contributed by atoms with Gasteiger partial charge in [0.1, 0.15) is 6.33 Å². The van der Waals surface area contributed by atoms with Crippen LogP contribution in [0.5, 0.6) is 0 Å². The van der Waals surface area contributed by atoms with Crippen molar-refractivity contribution in [2.45, 2.75) is 0 Å². The molecule has 2 heterocycles. The highest BCUT2D eigenvalue weighted by molar-refractivity contribution is 6.03. The predicted octanol–water partition coefficient (Wildman–Crippen LogP) is 2.11. The van der Waals surface area contributed by atoms with Gasteiger partial charge in [0.15, 0.2) is 0 Å². The molecule has 0 bridgehead atoms. The lowest BCUT2D eigenvalue weighted by molar-refractivity contribution is 1.23. The van der Waals surface area contributed by atoms with Crippen LogP contribution in [0.1, 0.15) is 0 Å². The van der Waals surface area contributed by atoms with Crippen LogP contribution in [-0.4, -0.2) is 15.0 Å². The Bertz CT molecular complexity index is 568. The van der Waals surface area contributed by atoms with Crippen LogP contribution in [0.4, 0.5) is 0 Å². The zero-order valence-corrected chi connectivity index (χ0v) is 6.86. The molecule has 2 aromatic heterocycles. The Morgan fingerprint density at radius 3 is 3.15 bits per heavy atom. The van der Waals surface area contributed by atoms with Crippen molar-refractivity contribution in [2.75, 3.05) is 0 Å². The van der Waals surface area contributed by atoms with Crippen molar-refractivity contribution in [3.8, 4) is 0 Å². The monoisotopic (exact) mass is 169 g/mol. The summed E-state index contributed by atoms with van der Waals surface area (Å²) in [6.45, 7) is 0. The molecule has 0 amide bonds. The van der Waals surface area contributed by atoms with Gasteiger partial charge in [0, 0.05) is 28.7 Å². The first-order valence-corrected chi connectivity index (χ1v) is 4.11. The number of rotatable bonds is 0. The van der Waals surface area contributed by atoms with Gasteiger partial charge in [0.05, 0.1) is 5.52 Å². The SMILES string of the molecule is c1ncc2ccc3[nH]ccc3c2n1. The Kier molecular flexibility index (Phi) is 1.16. The Hall–Kier alpha value is -1.90. The van der Waals surface area contributed by atoms with E-state index < -0.39 is 0 Å². The van der Waals surface area contributed by atoms with Crippen LogP contribution in [0.3, 0.4) is 0 Å². The third-order valence-electron chi connectivity index (χ3n) is 2.20. The molecule has 1 N–H and O–H groups in total. The normalized spacial score (nSPS) is 11.1. The lowest BCUT2D eigenvalue weighted by Crippen LogP contribution is -1.80. The molecule has 13 heavy (non-hydrogen) atoms. The molecule has 0 atom stereocenters. The maximum Gasteiger partial charge on any atom is 0.116 e. The van der Waals surface area contributed by atoms with E-state index in [9.17, 15) is 0 Å². The van der Waals surface area contributed by atoms with Gasteiger partial charge in [-0.15, -0.1) is 0 Å². The first-order valence-electron chi connectivity index (χ1n) is 4.11. The van der Waals surface area contributed by atoms with Crippen LogP contribution in [0.25, 0.3) is 21.8 Å². The molecule has 0 saturated carbocycles. The highest BCUT2D eigenvalue weighted by atomic mass is 14.8. The number of nitrogens with zero attached hydrogens (tertiary/aromatic N) is 2. The van der Waals surface area contributed by atoms with Crippen LogP contribution in [0.2, 0.25) is 0 Å². The van der Waals surface area contributed by atoms with E-state index in [-0.39, 0.29) is 0 Å². The summed E-state index contributed by atoms with van der Waals surface area (Å²) in [5, 5.41) is 2.23. The number of nitrogens with one attached hydrogen (secondary N) is 1. The largest absolute Gasteiger partial charge is 0.361 e. The third kappa shape index (κ3) is 0.839. The Morgan fingerprint density at radius 1 is 1.15 bits per heavy atom. The maximum atomic E-state index is 4.25. The van der Waals surface area contributed by atoms with Gasteiger partial charge in [-0.2, -0.15) is 0 Å². The van der Waals surface area contributed by atoms with Gasteiger partial charge >= 0.3 is 0 Å². The molecule has 3 rings (SSSR count). The Morgan fingerprint density at radius 2 is 2.15 bits per heavy atom. The summed E-state index contributed by atoms with van der Waals surface area (Å²) in [5.41, 5.74) is 2.12. The molecule has 0 radical (unpaired) electrons. The lowest BCUT2D eigenvalue weighted by atomic mass is 10.2. The highest BCUT2D eigenvalue weighted by Gasteiger charge is 2.00. The van der Waals surface area contributed by atoms with E-state index in [1.165, 1.54) is 0 Å². The number of H-pyrrole nitrogens is 1. The second-order valence-corrected chi connectivity index (χ2v) is 2.97. The van der Waals surface area contributed by atoms with E-state index in [1.54, 1.807) is 6.33 Å². The number of hydrogen-bond acceptors (Lipinski definition) is 2. The van der Waals surface area contributed by atoms with E-state index in [1.807, 2.05) is 30.6 Å². The summed E-state index contributed by atoms with van der Waals surface area (Å²) in [4.78, 5) is 11.4. The van der Waals surface area contributed by atoms with Crippen molar-refractivity contribution in [2.24, 2.45) is 0 Å². The minimum atomic E-state index is 1.01. The van der Waals surface area contributed by atoms with Gasteiger partial charge in [0.25, 0.3) is 0 Å². The number of benzene rings is 1. The van der Waals surface area contributed by atoms with Gasteiger partial charge in [0.2, 0.25) is 0 Å². The summed E-state index contributed by atoms with van der Waals surface area (Å²) in [6.07, 6.45) is 5.33. The molecule has 1 aromatic carbocycles. The van der Waals surface area contributed by atoms with E-state index in [0.717, 1.165) is 21.8 Å². The zero-order chi connectivity index (χ0) is 8.67. The molecule has 62 valence electrons. The van der Waals surface area contributed by atoms with E-state index in [4.69, 9.17) is 0 Å². The minimum absolute atomic E-state index is 1.01. The molecule has 3 heteroatoms. The summed E-state index contributed by atoms with van der Waals surface area (Å²) in [5.74, 6) is 0. The molecule has 0 aliphatic carbocycles. The number of hydrogen-bond donors (Lipinski definition) is 1. The summed E-state index contributed by atoms with van der Waals surface area (Å²) >= 11 is 0. The lowest BCUT2D eigenvalue weighted by Gasteiger charge is -1.96.